The molecule has 0 aromatic heterocycles. The van der Waals surface area contributed by atoms with Crippen LogP contribution in [0.5, 0.6) is 5.75 Å². The third-order valence-corrected chi connectivity index (χ3v) is 5.33. The van der Waals surface area contributed by atoms with E-state index in [1.165, 1.54) is 4.90 Å². The van der Waals surface area contributed by atoms with E-state index in [0.717, 1.165) is 5.56 Å². The molecule has 1 heterocycles. The Hall–Kier alpha value is -3.06. The van der Waals surface area contributed by atoms with E-state index in [2.05, 4.69) is 5.32 Å². The van der Waals surface area contributed by atoms with Crippen LogP contribution in [-0.4, -0.2) is 37.0 Å². The van der Waals surface area contributed by atoms with Crippen LogP contribution in [0.2, 0.25) is 5.02 Å². The molecule has 164 valence electrons. The molecule has 31 heavy (non-hydrogen) atoms. The van der Waals surface area contributed by atoms with Crippen LogP contribution in [0, 0.1) is 6.92 Å². The van der Waals surface area contributed by atoms with E-state index in [1.54, 1.807) is 43.3 Å². The Kier molecular flexibility index (Phi) is 7.52. The van der Waals surface area contributed by atoms with Crippen molar-refractivity contribution in [2.45, 2.75) is 39.2 Å². The van der Waals surface area contributed by atoms with Crippen LogP contribution in [0.4, 0.5) is 11.4 Å². The molecule has 0 saturated carbocycles. The second-order valence-corrected chi connectivity index (χ2v) is 7.81. The number of anilines is 2. The number of benzene rings is 2. The minimum atomic E-state index is -0.478. The Morgan fingerprint density at radius 3 is 2.77 bits per heavy atom. The van der Waals surface area contributed by atoms with Crippen LogP contribution in [-0.2, 0) is 19.1 Å². The standard InChI is InChI=1S/C23H25ClN2O5/c1-15-12-17(9-10-18(15)24)30-11-5-8-23(29)31-14-22(28)26-16(2)13-21(27)25-19-6-3-4-7-20(19)26/h3-4,6-7,9-10,12,16H,5,8,11,13-14H2,1-2H3,(H,25,27). The zero-order valence-electron chi connectivity index (χ0n) is 17.5. The van der Waals surface area contributed by atoms with Crippen molar-refractivity contribution in [1.29, 1.82) is 0 Å². The van der Waals surface area contributed by atoms with Gasteiger partial charge in [-0.25, -0.2) is 0 Å². The maximum atomic E-state index is 12.8. The molecule has 7 nitrogen and oxygen atoms in total. The molecule has 2 aromatic carbocycles. The summed E-state index contributed by atoms with van der Waals surface area (Å²) in [6.45, 7) is 3.63. The molecule has 2 amide bonds. The summed E-state index contributed by atoms with van der Waals surface area (Å²) in [6, 6.07) is 12.1. The fraction of sp³-hybridized carbons (Fsp3) is 0.348. The first-order valence-electron chi connectivity index (χ1n) is 10.1. The largest absolute Gasteiger partial charge is 0.494 e. The van der Waals surface area contributed by atoms with Crippen molar-refractivity contribution < 1.29 is 23.9 Å². The van der Waals surface area contributed by atoms with Gasteiger partial charge in [-0.1, -0.05) is 23.7 Å². The van der Waals surface area contributed by atoms with E-state index >= 15 is 0 Å². The monoisotopic (exact) mass is 444 g/mol. The van der Waals surface area contributed by atoms with Crippen molar-refractivity contribution >= 4 is 40.8 Å². The average Bonchev–Trinajstić information content (AvgIpc) is 2.86. The summed E-state index contributed by atoms with van der Waals surface area (Å²) in [6.07, 6.45) is 0.748. The van der Waals surface area contributed by atoms with Gasteiger partial charge in [0.2, 0.25) is 5.91 Å². The van der Waals surface area contributed by atoms with E-state index in [0.29, 0.717) is 35.2 Å². The maximum absolute atomic E-state index is 12.8. The molecular weight excluding hydrogens is 420 g/mol. The highest BCUT2D eigenvalue weighted by atomic mass is 35.5. The van der Waals surface area contributed by atoms with Crippen LogP contribution < -0.4 is 15.0 Å². The van der Waals surface area contributed by atoms with Crippen LogP contribution in [0.15, 0.2) is 42.5 Å². The van der Waals surface area contributed by atoms with E-state index in [9.17, 15) is 14.4 Å². The lowest BCUT2D eigenvalue weighted by Crippen LogP contribution is -2.41. The third kappa shape index (κ3) is 5.98. The number of esters is 1. The summed E-state index contributed by atoms with van der Waals surface area (Å²) < 4.78 is 10.8. The predicted molar refractivity (Wildman–Crippen MR) is 119 cm³/mol. The van der Waals surface area contributed by atoms with E-state index in [4.69, 9.17) is 21.1 Å². The summed E-state index contributed by atoms with van der Waals surface area (Å²) in [5.41, 5.74) is 2.07. The predicted octanol–water partition coefficient (Wildman–Crippen LogP) is 4.11. The fourth-order valence-electron chi connectivity index (χ4n) is 3.37. The third-order valence-electron chi connectivity index (χ3n) is 4.91. The van der Waals surface area contributed by atoms with Gasteiger partial charge in [-0.3, -0.25) is 14.4 Å². The lowest BCUT2D eigenvalue weighted by Gasteiger charge is -2.27. The van der Waals surface area contributed by atoms with Crippen LogP contribution in [0.3, 0.4) is 0 Å². The molecule has 8 heteroatoms. The van der Waals surface area contributed by atoms with Crippen LogP contribution in [0.1, 0.15) is 31.7 Å². The molecule has 1 atom stereocenters. The SMILES string of the molecule is Cc1cc(OCCCC(=O)OCC(=O)N2c3ccccc3NC(=O)CC2C)ccc1Cl. The first kappa shape index (κ1) is 22.6. The summed E-state index contributed by atoms with van der Waals surface area (Å²) in [5, 5.41) is 3.46. The second-order valence-electron chi connectivity index (χ2n) is 7.41. The van der Waals surface area contributed by atoms with Crippen molar-refractivity contribution in [3.63, 3.8) is 0 Å². The minimum absolute atomic E-state index is 0.131. The number of fused-ring (bicyclic) bond motifs is 1. The van der Waals surface area contributed by atoms with Gasteiger partial charge in [0.25, 0.3) is 5.91 Å². The maximum Gasteiger partial charge on any atom is 0.306 e. The van der Waals surface area contributed by atoms with Gasteiger partial charge in [0.05, 0.1) is 18.0 Å². The first-order chi connectivity index (χ1) is 14.8. The van der Waals surface area contributed by atoms with Gasteiger partial charge in [-0.2, -0.15) is 0 Å². The molecule has 0 spiro atoms. The summed E-state index contributed by atoms with van der Waals surface area (Å²) >= 11 is 5.99. The molecule has 1 N–H and O–H groups in total. The van der Waals surface area contributed by atoms with Gasteiger partial charge in [0.15, 0.2) is 6.61 Å². The van der Waals surface area contributed by atoms with E-state index in [-0.39, 0.29) is 37.3 Å². The highest BCUT2D eigenvalue weighted by Gasteiger charge is 2.30. The quantitative estimate of drug-likeness (QED) is 0.513. The van der Waals surface area contributed by atoms with E-state index < -0.39 is 5.97 Å². The van der Waals surface area contributed by atoms with Crippen molar-refractivity contribution in [2.24, 2.45) is 0 Å². The Balaban J connectivity index is 1.48. The first-order valence-corrected chi connectivity index (χ1v) is 10.5. The number of hydrogen-bond donors (Lipinski definition) is 1. The number of amides is 2. The molecule has 1 aliphatic rings. The molecule has 2 aromatic rings. The molecular formula is C23H25ClN2O5. The normalized spacial score (nSPS) is 15.5. The molecule has 1 aliphatic heterocycles. The number of carbonyl (C=O) groups is 3. The van der Waals surface area contributed by atoms with Crippen molar-refractivity contribution in [3.8, 4) is 5.75 Å². The summed E-state index contributed by atoms with van der Waals surface area (Å²) in [7, 11) is 0. The fourth-order valence-corrected chi connectivity index (χ4v) is 3.48. The number of hydrogen-bond acceptors (Lipinski definition) is 5. The van der Waals surface area contributed by atoms with Gasteiger partial charge in [-0.05, 0) is 56.2 Å². The molecule has 3 rings (SSSR count). The number of halogens is 1. The Bertz CT molecular complexity index is 978. The van der Waals surface area contributed by atoms with Gasteiger partial charge in [-0.15, -0.1) is 0 Å². The van der Waals surface area contributed by atoms with Gasteiger partial charge < -0.3 is 19.7 Å². The van der Waals surface area contributed by atoms with E-state index in [1.807, 2.05) is 13.0 Å². The van der Waals surface area contributed by atoms with Crippen molar-refractivity contribution in [1.82, 2.24) is 0 Å². The number of carbonyl (C=O) groups excluding carboxylic acids is 3. The van der Waals surface area contributed by atoms with Crippen molar-refractivity contribution in [3.05, 3.63) is 53.1 Å². The number of para-hydroxylation sites is 2. The lowest BCUT2D eigenvalue weighted by molar-refractivity contribution is -0.148. The Morgan fingerprint density at radius 1 is 1.23 bits per heavy atom. The topological polar surface area (TPSA) is 84.9 Å². The Morgan fingerprint density at radius 2 is 2.00 bits per heavy atom. The zero-order valence-corrected chi connectivity index (χ0v) is 18.3. The number of aryl methyl sites for hydroxylation is 1. The van der Waals surface area contributed by atoms with Crippen LogP contribution in [0.25, 0.3) is 0 Å². The molecule has 0 fully saturated rings. The number of rotatable bonds is 7. The van der Waals surface area contributed by atoms with Gasteiger partial charge >= 0.3 is 5.97 Å². The summed E-state index contributed by atoms with van der Waals surface area (Å²) in [5.74, 6) is -0.336. The Labute approximate surface area is 186 Å². The molecule has 0 radical (unpaired) electrons. The average molecular weight is 445 g/mol. The van der Waals surface area contributed by atoms with Gasteiger partial charge in [0, 0.05) is 23.9 Å². The second kappa shape index (κ2) is 10.3. The van der Waals surface area contributed by atoms with Gasteiger partial charge in [0.1, 0.15) is 5.75 Å². The highest BCUT2D eigenvalue weighted by Crippen LogP contribution is 2.31. The smallest absolute Gasteiger partial charge is 0.306 e. The number of nitrogens with one attached hydrogen (secondary N) is 1. The molecule has 0 saturated heterocycles. The summed E-state index contributed by atoms with van der Waals surface area (Å²) in [4.78, 5) is 38.4. The molecule has 0 aliphatic carbocycles. The molecule has 1 unspecified atom stereocenters. The minimum Gasteiger partial charge on any atom is -0.494 e. The zero-order chi connectivity index (χ0) is 22.4. The van der Waals surface area contributed by atoms with Crippen molar-refractivity contribution in [2.75, 3.05) is 23.4 Å². The number of nitrogens with zero attached hydrogens (tertiary/aromatic N) is 1. The van der Waals surface area contributed by atoms with Crippen LogP contribution >= 0.6 is 11.6 Å². The lowest BCUT2D eigenvalue weighted by atomic mass is 10.1. The molecule has 0 bridgehead atoms. The highest BCUT2D eigenvalue weighted by molar-refractivity contribution is 6.31. The number of ether oxygens (including phenoxy) is 2.